The van der Waals surface area contributed by atoms with Crippen LogP contribution in [0, 0.1) is 0 Å². The molecule has 0 unspecified atom stereocenters. The summed E-state index contributed by atoms with van der Waals surface area (Å²) >= 11 is 0. The van der Waals surface area contributed by atoms with E-state index in [4.69, 9.17) is 4.74 Å². The summed E-state index contributed by atoms with van der Waals surface area (Å²) in [6, 6.07) is 29.4. The molecule has 1 aliphatic rings. The highest BCUT2D eigenvalue weighted by Gasteiger charge is 2.38. The molecule has 4 nitrogen and oxygen atoms in total. The Bertz CT molecular complexity index is 1920. The van der Waals surface area contributed by atoms with Crippen LogP contribution in [0.4, 0.5) is 13.2 Å². The van der Waals surface area contributed by atoms with E-state index in [0.717, 1.165) is 34.4 Å². The third-order valence-electron chi connectivity index (χ3n) is 8.16. The average molecular weight is 606 g/mol. The molecule has 45 heavy (non-hydrogen) atoms. The predicted molar refractivity (Wildman–Crippen MR) is 170 cm³/mol. The number of fused-ring (bicyclic) bond motifs is 1. The zero-order valence-corrected chi connectivity index (χ0v) is 25.2. The summed E-state index contributed by atoms with van der Waals surface area (Å²) in [6.45, 7) is 6.34. The first-order valence-corrected chi connectivity index (χ1v) is 14.5. The number of carbonyl (C=O) groups is 2. The van der Waals surface area contributed by atoms with Crippen molar-refractivity contribution in [3.05, 3.63) is 125 Å². The van der Waals surface area contributed by atoms with Gasteiger partial charge in [-0.2, -0.15) is 13.2 Å². The Hall–Kier alpha value is -5.17. The minimum Gasteiger partial charge on any atom is -0.497 e. The molecule has 0 atom stereocenters. The van der Waals surface area contributed by atoms with E-state index in [2.05, 4.69) is 26.1 Å². The Morgan fingerprint density at radius 1 is 0.511 bits per heavy atom. The summed E-state index contributed by atoms with van der Waals surface area (Å²) in [5.74, 6) is -0.531. The summed E-state index contributed by atoms with van der Waals surface area (Å²) in [6.07, 6.45) is -4.53. The minimum absolute atomic E-state index is 0.117. The molecule has 226 valence electrons. The van der Waals surface area contributed by atoms with Crippen molar-refractivity contribution < 1.29 is 27.5 Å². The maximum atomic E-state index is 13.7. The van der Waals surface area contributed by atoms with Crippen LogP contribution < -0.4 is 10.1 Å². The maximum Gasteiger partial charge on any atom is 0.416 e. The SMILES string of the molecule is COc1ccc(-c2c(-c3ccc(C(C)(C)C)cc3)c3c(c(-c4ccc(C(F)(F)F)cc4)c2-c2ccccc2)C(=O)NC3=O)cc1. The number of alkyl halides is 3. The lowest BCUT2D eigenvalue weighted by molar-refractivity contribution is -0.137. The molecule has 2 amide bonds. The number of ether oxygens (including phenoxy) is 1. The van der Waals surface area contributed by atoms with Crippen molar-refractivity contribution in [1.82, 2.24) is 5.32 Å². The first-order chi connectivity index (χ1) is 21.4. The molecular formula is C38H30F3NO3. The lowest BCUT2D eigenvalue weighted by atomic mass is 9.77. The van der Waals surface area contributed by atoms with Crippen molar-refractivity contribution in [3.63, 3.8) is 0 Å². The lowest BCUT2D eigenvalue weighted by Gasteiger charge is -2.25. The summed E-state index contributed by atoms with van der Waals surface area (Å²) < 4.78 is 46.1. The van der Waals surface area contributed by atoms with E-state index >= 15 is 0 Å². The van der Waals surface area contributed by atoms with Gasteiger partial charge in [0.2, 0.25) is 0 Å². The van der Waals surface area contributed by atoms with Gasteiger partial charge in [-0.15, -0.1) is 0 Å². The summed E-state index contributed by atoms with van der Waals surface area (Å²) in [4.78, 5) is 27.3. The second kappa shape index (κ2) is 11.1. The number of imide groups is 1. The first kappa shape index (κ1) is 29.9. The van der Waals surface area contributed by atoms with E-state index in [1.54, 1.807) is 7.11 Å². The van der Waals surface area contributed by atoms with E-state index in [9.17, 15) is 22.8 Å². The molecule has 5 aromatic carbocycles. The van der Waals surface area contributed by atoms with Gasteiger partial charge in [-0.3, -0.25) is 14.9 Å². The van der Waals surface area contributed by atoms with E-state index in [-0.39, 0.29) is 16.5 Å². The molecule has 5 aromatic rings. The average Bonchev–Trinajstić information content (AvgIpc) is 3.32. The van der Waals surface area contributed by atoms with Gasteiger partial charge in [-0.25, -0.2) is 0 Å². The Balaban J connectivity index is 1.80. The molecule has 1 aliphatic heterocycles. The molecule has 0 saturated heterocycles. The smallest absolute Gasteiger partial charge is 0.416 e. The molecule has 6 rings (SSSR count). The highest BCUT2D eigenvalue weighted by molar-refractivity contribution is 6.30. The Morgan fingerprint density at radius 2 is 0.889 bits per heavy atom. The van der Waals surface area contributed by atoms with Crippen LogP contribution in [-0.2, 0) is 11.6 Å². The van der Waals surface area contributed by atoms with E-state index < -0.39 is 23.6 Å². The van der Waals surface area contributed by atoms with Crippen LogP contribution in [0.15, 0.2) is 103 Å². The number of hydrogen-bond acceptors (Lipinski definition) is 3. The molecule has 1 N–H and O–H groups in total. The number of methoxy groups -OCH3 is 1. The van der Waals surface area contributed by atoms with Crippen LogP contribution in [0.5, 0.6) is 5.75 Å². The van der Waals surface area contributed by atoms with Gasteiger partial charge >= 0.3 is 6.18 Å². The van der Waals surface area contributed by atoms with Crippen molar-refractivity contribution in [2.45, 2.75) is 32.4 Å². The van der Waals surface area contributed by atoms with Gasteiger partial charge in [0.15, 0.2) is 0 Å². The van der Waals surface area contributed by atoms with Crippen LogP contribution in [0.3, 0.4) is 0 Å². The van der Waals surface area contributed by atoms with Crippen molar-refractivity contribution in [2.75, 3.05) is 7.11 Å². The lowest BCUT2D eigenvalue weighted by Crippen LogP contribution is -2.20. The molecule has 0 saturated carbocycles. The van der Waals surface area contributed by atoms with Crippen molar-refractivity contribution >= 4 is 11.8 Å². The van der Waals surface area contributed by atoms with Crippen LogP contribution in [0.2, 0.25) is 0 Å². The van der Waals surface area contributed by atoms with Gasteiger partial charge in [0.05, 0.1) is 23.8 Å². The van der Waals surface area contributed by atoms with Crippen molar-refractivity contribution in [3.8, 4) is 50.3 Å². The van der Waals surface area contributed by atoms with Gasteiger partial charge in [0.25, 0.3) is 11.8 Å². The number of nitrogens with one attached hydrogen (secondary N) is 1. The number of amides is 2. The largest absolute Gasteiger partial charge is 0.497 e. The number of carbonyl (C=O) groups excluding carboxylic acids is 2. The Morgan fingerprint density at radius 3 is 1.29 bits per heavy atom. The second-order valence-electron chi connectivity index (χ2n) is 12.0. The standard InChI is InChI=1S/C38H30F3NO3/c1-37(2,3)26-16-10-23(11-17-26)32-30(25-14-20-28(45-4)21-15-25)29(22-8-6-5-7-9-22)31(33-34(32)36(44)42-35(33)43)24-12-18-27(19-13-24)38(39,40)41/h5-21H,1-4H3,(H,42,43,44). The normalized spacial score (nSPS) is 13.0. The third-order valence-corrected chi connectivity index (χ3v) is 8.16. The molecule has 1 heterocycles. The van der Waals surface area contributed by atoms with Crippen LogP contribution >= 0.6 is 0 Å². The Labute approximate surface area is 259 Å². The number of halogens is 3. The topological polar surface area (TPSA) is 55.4 Å². The summed E-state index contributed by atoms with van der Waals surface area (Å²) in [5.41, 5.74) is 5.32. The van der Waals surface area contributed by atoms with Crippen LogP contribution in [-0.4, -0.2) is 18.9 Å². The fourth-order valence-corrected chi connectivity index (χ4v) is 5.91. The fourth-order valence-electron chi connectivity index (χ4n) is 5.91. The Kier molecular flexibility index (Phi) is 7.36. The molecule has 0 aliphatic carbocycles. The molecule has 0 fully saturated rings. The monoisotopic (exact) mass is 605 g/mol. The number of benzene rings is 5. The van der Waals surface area contributed by atoms with Gasteiger partial charge in [-0.1, -0.05) is 99.6 Å². The molecular weight excluding hydrogens is 575 g/mol. The zero-order chi connectivity index (χ0) is 32.1. The molecule has 0 spiro atoms. The van der Waals surface area contributed by atoms with Crippen molar-refractivity contribution in [2.24, 2.45) is 0 Å². The van der Waals surface area contributed by atoms with Gasteiger partial charge < -0.3 is 4.74 Å². The van der Waals surface area contributed by atoms with E-state index in [1.807, 2.05) is 78.9 Å². The van der Waals surface area contributed by atoms with Gasteiger partial charge in [0.1, 0.15) is 5.75 Å². The quantitative estimate of drug-likeness (QED) is 0.203. The molecule has 0 bridgehead atoms. The number of rotatable bonds is 5. The maximum absolute atomic E-state index is 13.7. The fraction of sp³-hybridized carbons (Fsp3) is 0.158. The van der Waals surface area contributed by atoms with Crippen molar-refractivity contribution in [1.29, 1.82) is 0 Å². The zero-order valence-electron chi connectivity index (χ0n) is 25.2. The highest BCUT2D eigenvalue weighted by Crippen LogP contribution is 2.51. The molecule has 7 heteroatoms. The number of hydrogen-bond donors (Lipinski definition) is 1. The van der Waals surface area contributed by atoms with Gasteiger partial charge in [-0.05, 0) is 68.6 Å². The first-order valence-electron chi connectivity index (χ1n) is 14.5. The molecule has 0 aromatic heterocycles. The van der Waals surface area contributed by atoms with E-state index in [1.165, 1.54) is 12.1 Å². The van der Waals surface area contributed by atoms with Crippen LogP contribution in [0.25, 0.3) is 44.5 Å². The predicted octanol–water partition coefficient (Wildman–Crippen LogP) is 9.56. The minimum atomic E-state index is -4.53. The second-order valence-corrected chi connectivity index (χ2v) is 12.0. The summed E-state index contributed by atoms with van der Waals surface area (Å²) in [7, 11) is 1.57. The van der Waals surface area contributed by atoms with E-state index in [0.29, 0.717) is 33.6 Å². The highest BCUT2D eigenvalue weighted by atomic mass is 19.4. The third kappa shape index (κ3) is 5.39. The van der Waals surface area contributed by atoms with Crippen LogP contribution in [0.1, 0.15) is 52.6 Å². The molecule has 0 radical (unpaired) electrons. The van der Waals surface area contributed by atoms with Gasteiger partial charge in [0, 0.05) is 11.1 Å². The summed E-state index contributed by atoms with van der Waals surface area (Å²) in [5, 5.41) is 2.47.